The highest BCUT2D eigenvalue weighted by molar-refractivity contribution is 5.80. The molecule has 0 unspecified atom stereocenters. The van der Waals surface area contributed by atoms with E-state index in [4.69, 9.17) is 0 Å². The third kappa shape index (κ3) is 6.77. The number of rotatable bonds is 8. The Kier molecular flexibility index (Phi) is 8.95. The molecule has 0 aliphatic carbocycles. The lowest BCUT2D eigenvalue weighted by molar-refractivity contribution is -0.121. The van der Waals surface area contributed by atoms with Gasteiger partial charge in [0.15, 0.2) is 5.96 Å². The molecule has 1 aromatic carbocycles. The highest BCUT2D eigenvalue weighted by Crippen LogP contribution is 2.20. The molecule has 0 spiro atoms. The Balaban J connectivity index is 1.71. The number of hydrogen-bond donors (Lipinski definition) is 2. The maximum atomic E-state index is 11.5. The average molecular weight is 374 g/mol. The normalized spacial score (nSPS) is 15.5. The molecule has 1 fully saturated rings. The number of para-hydroxylation sites is 1. The second-order valence-electron chi connectivity index (χ2n) is 7.05. The molecular formula is C21H35N5O. The fourth-order valence-electron chi connectivity index (χ4n) is 3.62. The molecule has 0 aromatic heterocycles. The molecule has 1 aromatic rings. The number of benzene rings is 1. The van der Waals surface area contributed by atoms with E-state index >= 15 is 0 Å². The number of piperidine rings is 1. The molecule has 1 heterocycles. The van der Waals surface area contributed by atoms with E-state index in [0.717, 1.165) is 57.9 Å². The van der Waals surface area contributed by atoms with E-state index in [-0.39, 0.29) is 5.91 Å². The van der Waals surface area contributed by atoms with Crippen molar-refractivity contribution in [2.45, 2.75) is 32.6 Å². The van der Waals surface area contributed by atoms with Crippen molar-refractivity contribution >= 4 is 17.6 Å². The minimum Gasteiger partial charge on any atom is -0.372 e. The average Bonchev–Trinajstić information content (AvgIpc) is 2.72. The van der Waals surface area contributed by atoms with Gasteiger partial charge in [0.1, 0.15) is 0 Å². The maximum absolute atomic E-state index is 11.5. The van der Waals surface area contributed by atoms with E-state index in [1.807, 2.05) is 7.05 Å². The van der Waals surface area contributed by atoms with Crippen molar-refractivity contribution in [1.82, 2.24) is 15.5 Å². The zero-order valence-corrected chi connectivity index (χ0v) is 17.1. The second-order valence-corrected chi connectivity index (χ2v) is 7.05. The molecule has 6 nitrogen and oxygen atoms in total. The van der Waals surface area contributed by atoms with Crippen LogP contribution in [-0.4, -0.2) is 63.6 Å². The van der Waals surface area contributed by atoms with Gasteiger partial charge in [-0.25, -0.2) is 0 Å². The van der Waals surface area contributed by atoms with Crippen LogP contribution in [-0.2, 0) is 4.79 Å². The highest BCUT2D eigenvalue weighted by Gasteiger charge is 2.22. The number of carbonyl (C=O) groups is 1. The number of nitrogens with zero attached hydrogens (tertiary/aromatic N) is 3. The molecule has 1 saturated heterocycles. The lowest BCUT2D eigenvalue weighted by Crippen LogP contribution is -2.46. The monoisotopic (exact) mass is 373 g/mol. The lowest BCUT2D eigenvalue weighted by atomic mass is 9.93. The zero-order chi connectivity index (χ0) is 19.5. The van der Waals surface area contributed by atoms with Crippen molar-refractivity contribution < 1.29 is 4.79 Å². The number of amides is 1. The number of anilines is 1. The smallest absolute Gasteiger partial charge is 0.220 e. The number of aliphatic imine (C=N–C) groups is 1. The third-order valence-corrected chi connectivity index (χ3v) is 5.27. The van der Waals surface area contributed by atoms with Crippen LogP contribution in [0.5, 0.6) is 0 Å². The molecule has 150 valence electrons. The lowest BCUT2D eigenvalue weighted by Gasteiger charge is -2.34. The van der Waals surface area contributed by atoms with E-state index in [0.29, 0.717) is 12.3 Å². The van der Waals surface area contributed by atoms with Crippen LogP contribution in [0.25, 0.3) is 0 Å². The van der Waals surface area contributed by atoms with Crippen LogP contribution in [0.15, 0.2) is 35.3 Å². The minimum atomic E-state index is 0.148. The first kappa shape index (κ1) is 21.1. The number of likely N-dealkylation sites (tertiary alicyclic amines) is 1. The maximum Gasteiger partial charge on any atom is 0.220 e. The summed E-state index contributed by atoms with van der Waals surface area (Å²) in [4.78, 5) is 20.7. The molecule has 1 amide bonds. The van der Waals surface area contributed by atoms with E-state index < -0.39 is 0 Å². The first-order valence-electron chi connectivity index (χ1n) is 10.1. The molecule has 27 heavy (non-hydrogen) atoms. The largest absolute Gasteiger partial charge is 0.372 e. The van der Waals surface area contributed by atoms with Gasteiger partial charge in [-0.2, -0.15) is 0 Å². The number of carbonyl (C=O) groups excluding carboxylic acids is 1. The van der Waals surface area contributed by atoms with Crippen LogP contribution in [0, 0.1) is 5.92 Å². The Bertz CT molecular complexity index is 581. The van der Waals surface area contributed by atoms with Gasteiger partial charge < -0.3 is 20.4 Å². The van der Waals surface area contributed by atoms with Gasteiger partial charge in [0.2, 0.25) is 5.91 Å². The number of nitrogens with one attached hydrogen (secondary N) is 2. The van der Waals surface area contributed by atoms with Gasteiger partial charge in [0.25, 0.3) is 0 Å². The Morgan fingerprint density at radius 1 is 1.26 bits per heavy atom. The van der Waals surface area contributed by atoms with Crippen molar-refractivity contribution in [3.8, 4) is 0 Å². The SMILES string of the molecule is CCN(CCCNC(=NC)N1CCC(CC(=O)NC)CC1)c1ccccc1. The van der Waals surface area contributed by atoms with Gasteiger partial charge in [-0.1, -0.05) is 18.2 Å². The summed E-state index contributed by atoms with van der Waals surface area (Å²) in [5.41, 5.74) is 1.28. The Hall–Kier alpha value is -2.24. The molecule has 1 aliphatic heterocycles. The van der Waals surface area contributed by atoms with Crippen LogP contribution in [0.1, 0.15) is 32.6 Å². The van der Waals surface area contributed by atoms with Gasteiger partial charge in [0.05, 0.1) is 0 Å². The quantitative estimate of drug-likeness (QED) is 0.417. The van der Waals surface area contributed by atoms with Crippen molar-refractivity contribution in [3.63, 3.8) is 0 Å². The van der Waals surface area contributed by atoms with E-state index in [1.165, 1.54) is 5.69 Å². The van der Waals surface area contributed by atoms with Gasteiger partial charge >= 0.3 is 0 Å². The molecule has 0 saturated carbocycles. The predicted molar refractivity (Wildman–Crippen MR) is 113 cm³/mol. The first-order valence-corrected chi connectivity index (χ1v) is 10.1. The van der Waals surface area contributed by atoms with E-state index in [9.17, 15) is 4.79 Å². The molecule has 2 N–H and O–H groups in total. The fourth-order valence-corrected chi connectivity index (χ4v) is 3.62. The molecule has 1 aliphatic rings. The molecule has 6 heteroatoms. The highest BCUT2D eigenvalue weighted by atomic mass is 16.1. The predicted octanol–water partition coefficient (Wildman–Crippen LogP) is 2.33. The summed E-state index contributed by atoms with van der Waals surface area (Å²) in [6.07, 6.45) is 3.80. The summed E-state index contributed by atoms with van der Waals surface area (Å²) in [5.74, 6) is 1.62. The van der Waals surface area contributed by atoms with E-state index in [2.05, 4.69) is 62.7 Å². The molecular weight excluding hydrogens is 338 g/mol. The van der Waals surface area contributed by atoms with Crippen molar-refractivity contribution in [3.05, 3.63) is 30.3 Å². The van der Waals surface area contributed by atoms with Crippen LogP contribution < -0.4 is 15.5 Å². The van der Waals surface area contributed by atoms with Gasteiger partial charge in [-0.3, -0.25) is 9.79 Å². The summed E-state index contributed by atoms with van der Waals surface area (Å²) >= 11 is 0. The molecule has 0 atom stereocenters. The van der Waals surface area contributed by atoms with Gasteiger partial charge in [0, 0.05) is 58.9 Å². The molecule has 0 radical (unpaired) electrons. The number of hydrogen-bond acceptors (Lipinski definition) is 3. The summed E-state index contributed by atoms with van der Waals surface area (Å²) in [6.45, 7) is 7.08. The summed E-state index contributed by atoms with van der Waals surface area (Å²) in [5, 5.41) is 6.23. The van der Waals surface area contributed by atoms with Gasteiger partial charge in [-0.05, 0) is 44.2 Å². The van der Waals surface area contributed by atoms with E-state index in [1.54, 1.807) is 7.05 Å². The van der Waals surface area contributed by atoms with Crippen LogP contribution >= 0.6 is 0 Å². The topological polar surface area (TPSA) is 60.0 Å². The fraction of sp³-hybridized carbons (Fsp3) is 0.619. The Morgan fingerprint density at radius 3 is 2.56 bits per heavy atom. The van der Waals surface area contributed by atoms with Crippen molar-refractivity contribution in [1.29, 1.82) is 0 Å². The number of guanidine groups is 1. The Morgan fingerprint density at radius 2 is 1.96 bits per heavy atom. The standard InChI is InChI=1S/C21H35N5O/c1-4-25(19-9-6-5-7-10-19)14-8-13-24-21(23-3)26-15-11-18(12-16-26)17-20(27)22-2/h5-7,9-10,18H,4,8,11-17H2,1-3H3,(H,22,27)(H,23,24). The summed E-state index contributed by atoms with van der Waals surface area (Å²) < 4.78 is 0. The Labute approximate surface area is 164 Å². The van der Waals surface area contributed by atoms with Crippen LogP contribution in [0.2, 0.25) is 0 Å². The first-order chi connectivity index (χ1) is 13.2. The van der Waals surface area contributed by atoms with Crippen LogP contribution in [0.3, 0.4) is 0 Å². The van der Waals surface area contributed by atoms with Crippen molar-refractivity contribution in [2.75, 3.05) is 51.7 Å². The summed E-state index contributed by atoms with van der Waals surface area (Å²) in [6, 6.07) is 10.6. The molecule has 2 rings (SSSR count). The van der Waals surface area contributed by atoms with Crippen LogP contribution in [0.4, 0.5) is 5.69 Å². The molecule has 0 bridgehead atoms. The second kappa shape index (κ2) is 11.5. The third-order valence-electron chi connectivity index (χ3n) is 5.27. The minimum absolute atomic E-state index is 0.148. The van der Waals surface area contributed by atoms with Crippen molar-refractivity contribution in [2.24, 2.45) is 10.9 Å². The van der Waals surface area contributed by atoms with Gasteiger partial charge in [-0.15, -0.1) is 0 Å². The summed E-state index contributed by atoms with van der Waals surface area (Å²) in [7, 11) is 3.56. The zero-order valence-electron chi connectivity index (χ0n) is 17.1.